The molecule has 2 heterocycles. The standard InChI is InChI=1S/C14H14ClN3O3S/c1-8-14(9(2)18(3)16-8)22(19,20)17-11-4-5-12-10(6-11)7-13(15)21-12/h4-7,17H,1-3H3. The summed E-state index contributed by atoms with van der Waals surface area (Å²) in [4.78, 5) is 0.195. The van der Waals surface area contributed by atoms with Crippen LogP contribution in [0.25, 0.3) is 11.0 Å². The molecule has 0 unspecified atom stereocenters. The van der Waals surface area contributed by atoms with Gasteiger partial charge in [-0.1, -0.05) is 0 Å². The Balaban J connectivity index is 2.02. The SMILES string of the molecule is Cc1nn(C)c(C)c1S(=O)(=O)Nc1ccc2oc(Cl)cc2c1. The average Bonchev–Trinajstić information content (AvgIpc) is 2.88. The van der Waals surface area contributed by atoms with Crippen molar-refractivity contribution in [2.45, 2.75) is 18.7 Å². The zero-order chi connectivity index (χ0) is 16.1. The van der Waals surface area contributed by atoms with E-state index < -0.39 is 10.0 Å². The number of fused-ring (bicyclic) bond motifs is 1. The summed E-state index contributed by atoms with van der Waals surface area (Å²) in [6.45, 7) is 3.38. The van der Waals surface area contributed by atoms with Gasteiger partial charge in [0.05, 0.1) is 11.4 Å². The van der Waals surface area contributed by atoms with Crippen molar-refractivity contribution in [3.05, 3.63) is 40.9 Å². The first-order valence-electron chi connectivity index (χ1n) is 6.50. The minimum absolute atomic E-state index is 0.195. The third-order valence-electron chi connectivity index (χ3n) is 3.45. The topological polar surface area (TPSA) is 77.1 Å². The zero-order valence-corrected chi connectivity index (χ0v) is 13.8. The molecule has 0 saturated heterocycles. The van der Waals surface area contributed by atoms with Gasteiger partial charge < -0.3 is 4.42 Å². The molecule has 0 aliphatic heterocycles. The van der Waals surface area contributed by atoms with Crippen LogP contribution >= 0.6 is 11.6 Å². The van der Waals surface area contributed by atoms with Crippen LogP contribution in [0.5, 0.6) is 0 Å². The molecule has 0 atom stereocenters. The molecule has 8 heteroatoms. The van der Waals surface area contributed by atoms with E-state index in [1.165, 1.54) is 0 Å². The summed E-state index contributed by atoms with van der Waals surface area (Å²) in [6.07, 6.45) is 0. The second-order valence-corrected chi connectivity index (χ2v) is 7.02. The number of nitrogens with one attached hydrogen (secondary N) is 1. The molecule has 2 aromatic heterocycles. The number of hydrogen-bond acceptors (Lipinski definition) is 4. The van der Waals surface area contributed by atoms with Gasteiger partial charge in [-0.15, -0.1) is 0 Å². The van der Waals surface area contributed by atoms with Crippen LogP contribution in [0, 0.1) is 13.8 Å². The Morgan fingerprint density at radius 1 is 1.27 bits per heavy atom. The van der Waals surface area contributed by atoms with Gasteiger partial charge in [0, 0.05) is 24.2 Å². The molecule has 6 nitrogen and oxygen atoms in total. The fourth-order valence-electron chi connectivity index (χ4n) is 2.42. The number of halogens is 1. The van der Waals surface area contributed by atoms with Crippen molar-refractivity contribution in [3.63, 3.8) is 0 Å². The predicted octanol–water partition coefficient (Wildman–Crippen LogP) is 3.24. The van der Waals surface area contributed by atoms with Gasteiger partial charge in [-0.3, -0.25) is 9.40 Å². The fourth-order valence-corrected chi connectivity index (χ4v) is 4.11. The Labute approximate surface area is 132 Å². The van der Waals surface area contributed by atoms with Gasteiger partial charge in [0.2, 0.25) is 0 Å². The zero-order valence-electron chi connectivity index (χ0n) is 12.2. The van der Waals surface area contributed by atoms with E-state index in [1.54, 1.807) is 49.8 Å². The molecule has 1 aromatic carbocycles. The first kappa shape index (κ1) is 14.9. The molecule has 116 valence electrons. The van der Waals surface area contributed by atoms with E-state index in [4.69, 9.17) is 16.0 Å². The van der Waals surface area contributed by atoms with Gasteiger partial charge >= 0.3 is 0 Å². The molecular weight excluding hydrogens is 326 g/mol. The van der Waals surface area contributed by atoms with E-state index in [2.05, 4.69) is 9.82 Å². The normalized spacial score (nSPS) is 12.0. The van der Waals surface area contributed by atoms with Crippen LogP contribution in [0.4, 0.5) is 5.69 Å². The molecule has 0 saturated carbocycles. The number of aromatic nitrogens is 2. The molecule has 0 radical (unpaired) electrons. The summed E-state index contributed by atoms with van der Waals surface area (Å²) in [6, 6.07) is 6.60. The lowest BCUT2D eigenvalue weighted by Gasteiger charge is -2.08. The van der Waals surface area contributed by atoms with Crippen molar-refractivity contribution in [3.8, 4) is 0 Å². The summed E-state index contributed by atoms with van der Waals surface area (Å²) in [5.74, 6) is 0. The second-order valence-electron chi connectivity index (χ2n) is 5.03. The minimum Gasteiger partial charge on any atom is -0.445 e. The molecule has 1 N–H and O–H groups in total. The van der Waals surface area contributed by atoms with Crippen LogP contribution < -0.4 is 4.72 Å². The summed E-state index contributed by atoms with van der Waals surface area (Å²) in [5, 5.41) is 5.12. The van der Waals surface area contributed by atoms with E-state index in [0.717, 1.165) is 5.39 Å². The molecule has 22 heavy (non-hydrogen) atoms. The molecule has 0 aliphatic carbocycles. The summed E-state index contributed by atoms with van der Waals surface area (Å²) in [5.41, 5.74) is 2.08. The van der Waals surface area contributed by atoms with Crippen molar-refractivity contribution in [2.75, 3.05) is 4.72 Å². The molecular formula is C14H14ClN3O3S. The smallest absolute Gasteiger partial charge is 0.265 e. The third kappa shape index (κ3) is 2.46. The first-order chi connectivity index (χ1) is 10.3. The average molecular weight is 340 g/mol. The lowest BCUT2D eigenvalue weighted by atomic mass is 10.2. The van der Waals surface area contributed by atoms with Gasteiger partial charge in [0.15, 0.2) is 5.22 Å². The molecule has 0 fully saturated rings. The second kappa shape index (κ2) is 5.03. The third-order valence-corrected chi connectivity index (χ3v) is 5.27. The monoisotopic (exact) mass is 339 g/mol. The van der Waals surface area contributed by atoms with Crippen LogP contribution in [0.15, 0.2) is 33.6 Å². The maximum atomic E-state index is 12.6. The molecule has 3 aromatic rings. The number of anilines is 1. The Morgan fingerprint density at radius 2 is 2.00 bits per heavy atom. The quantitative estimate of drug-likeness (QED) is 0.794. The number of rotatable bonds is 3. The van der Waals surface area contributed by atoms with E-state index in [0.29, 0.717) is 22.7 Å². The summed E-state index contributed by atoms with van der Waals surface area (Å²) in [7, 11) is -2.00. The van der Waals surface area contributed by atoms with E-state index in [1.807, 2.05) is 0 Å². The highest BCUT2D eigenvalue weighted by atomic mass is 35.5. The van der Waals surface area contributed by atoms with Crippen LogP contribution in [0.3, 0.4) is 0 Å². The predicted molar refractivity (Wildman–Crippen MR) is 84.7 cm³/mol. The molecule has 0 amide bonds. The highest BCUT2D eigenvalue weighted by Gasteiger charge is 2.24. The minimum atomic E-state index is -3.71. The van der Waals surface area contributed by atoms with Crippen LogP contribution in [-0.4, -0.2) is 18.2 Å². The number of nitrogens with zero attached hydrogens (tertiary/aromatic N) is 2. The fraction of sp³-hybridized carbons (Fsp3) is 0.214. The highest BCUT2D eigenvalue weighted by molar-refractivity contribution is 7.92. The molecule has 0 spiro atoms. The van der Waals surface area contributed by atoms with E-state index in [9.17, 15) is 8.42 Å². The van der Waals surface area contributed by atoms with Crippen molar-refractivity contribution in [1.82, 2.24) is 9.78 Å². The summed E-state index contributed by atoms with van der Waals surface area (Å²) >= 11 is 5.79. The maximum absolute atomic E-state index is 12.6. The Hall–Kier alpha value is -1.99. The number of aryl methyl sites for hydroxylation is 2. The van der Waals surface area contributed by atoms with Crippen LogP contribution in [0.1, 0.15) is 11.4 Å². The van der Waals surface area contributed by atoms with Gasteiger partial charge in [-0.05, 0) is 43.6 Å². The Bertz CT molecular complexity index is 973. The van der Waals surface area contributed by atoms with Crippen molar-refractivity contribution in [1.29, 1.82) is 0 Å². The molecule has 0 aliphatic rings. The lowest BCUT2D eigenvalue weighted by molar-refractivity contribution is 0.599. The highest BCUT2D eigenvalue weighted by Crippen LogP contribution is 2.27. The number of furan rings is 1. The first-order valence-corrected chi connectivity index (χ1v) is 8.36. The number of sulfonamides is 1. The van der Waals surface area contributed by atoms with Crippen molar-refractivity contribution < 1.29 is 12.8 Å². The van der Waals surface area contributed by atoms with E-state index >= 15 is 0 Å². The van der Waals surface area contributed by atoms with Gasteiger partial charge in [0.25, 0.3) is 10.0 Å². The number of hydrogen-bond donors (Lipinski definition) is 1. The maximum Gasteiger partial charge on any atom is 0.265 e. The number of benzene rings is 1. The Kier molecular flexibility index (Phi) is 3.41. The van der Waals surface area contributed by atoms with Crippen molar-refractivity contribution in [2.24, 2.45) is 7.05 Å². The molecule has 3 rings (SSSR count). The summed E-state index contributed by atoms with van der Waals surface area (Å²) < 4.78 is 34.5. The lowest BCUT2D eigenvalue weighted by Crippen LogP contribution is -2.14. The van der Waals surface area contributed by atoms with Gasteiger partial charge in [0.1, 0.15) is 10.5 Å². The van der Waals surface area contributed by atoms with Gasteiger partial charge in [-0.25, -0.2) is 8.42 Å². The molecule has 0 bridgehead atoms. The van der Waals surface area contributed by atoms with Crippen LogP contribution in [-0.2, 0) is 17.1 Å². The Morgan fingerprint density at radius 3 is 2.64 bits per heavy atom. The van der Waals surface area contributed by atoms with E-state index in [-0.39, 0.29) is 10.1 Å². The van der Waals surface area contributed by atoms with Gasteiger partial charge in [-0.2, -0.15) is 5.10 Å². The van der Waals surface area contributed by atoms with Crippen molar-refractivity contribution >= 4 is 38.3 Å². The largest absolute Gasteiger partial charge is 0.445 e. The van der Waals surface area contributed by atoms with Crippen LogP contribution in [0.2, 0.25) is 5.22 Å².